The van der Waals surface area contributed by atoms with Crippen molar-refractivity contribution >= 4 is 17.3 Å². The minimum absolute atomic E-state index is 0.554. The molecule has 3 rings (SSSR count). The molecule has 0 aliphatic carbocycles. The molecule has 0 saturated heterocycles. The van der Waals surface area contributed by atoms with Crippen LogP contribution in [0.15, 0.2) is 24.3 Å². The zero-order valence-electron chi connectivity index (χ0n) is 13.8. The van der Waals surface area contributed by atoms with Crippen LogP contribution in [-0.4, -0.2) is 11.5 Å². The standard InChI is InChI=1S/C19H23ClN2/c1-12(2)15-6-5-13(3)18(10-15)22-8-7-17-16(11-22)14(4)9-19(20)21-17/h5-6,9-10,12H,7-8,11H2,1-4H3. The van der Waals surface area contributed by atoms with Gasteiger partial charge in [0.2, 0.25) is 0 Å². The maximum absolute atomic E-state index is 6.09. The Morgan fingerprint density at radius 2 is 1.91 bits per heavy atom. The molecule has 0 radical (unpaired) electrons. The molecule has 0 saturated carbocycles. The Morgan fingerprint density at radius 3 is 2.64 bits per heavy atom. The summed E-state index contributed by atoms with van der Waals surface area (Å²) in [5, 5.41) is 0.614. The summed E-state index contributed by atoms with van der Waals surface area (Å²) in [5.74, 6) is 0.554. The number of pyridine rings is 1. The molecule has 2 nitrogen and oxygen atoms in total. The largest absolute Gasteiger partial charge is 0.367 e. The molecule has 0 fully saturated rings. The maximum atomic E-state index is 6.09. The Labute approximate surface area is 138 Å². The van der Waals surface area contributed by atoms with Crippen LogP contribution in [0, 0.1) is 13.8 Å². The second-order valence-electron chi connectivity index (χ2n) is 6.56. The molecule has 0 spiro atoms. The van der Waals surface area contributed by atoms with E-state index in [0.717, 1.165) is 19.5 Å². The van der Waals surface area contributed by atoms with E-state index in [1.807, 2.05) is 6.07 Å². The monoisotopic (exact) mass is 314 g/mol. The topological polar surface area (TPSA) is 16.1 Å². The third kappa shape index (κ3) is 2.85. The number of aryl methyl sites for hydroxylation is 2. The van der Waals surface area contributed by atoms with Crippen LogP contribution in [0.1, 0.15) is 47.7 Å². The van der Waals surface area contributed by atoms with Crippen molar-refractivity contribution in [2.45, 2.75) is 46.6 Å². The highest BCUT2D eigenvalue weighted by Crippen LogP contribution is 2.31. The Hall–Kier alpha value is -1.54. The summed E-state index contributed by atoms with van der Waals surface area (Å²) < 4.78 is 0. The number of fused-ring (bicyclic) bond motifs is 1. The Morgan fingerprint density at radius 1 is 1.14 bits per heavy atom. The number of nitrogens with zero attached hydrogens (tertiary/aromatic N) is 2. The lowest BCUT2D eigenvalue weighted by Crippen LogP contribution is -2.32. The number of aromatic nitrogens is 1. The van der Waals surface area contributed by atoms with Crippen molar-refractivity contribution in [2.75, 3.05) is 11.4 Å². The van der Waals surface area contributed by atoms with Crippen LogP contribution < -0.4 is 4.90 Å². The third-order valence-corrected chi connectivity index (χ3v) is 4.80. The molecule has 116 valence electrons. The first-order valence-corrected chi connectivity index (χ1v) is 8.34. The van der Waals surface area contributed by atoms with Gasteiger partial charge in [0.25, 0.3) is 0 Å². The molecule has 1 aromatic carbocycles. The van der Waals surface area contributed by atoms with Gasteiger partial charge >= 0.3 is 0 Å². The molecule has 3 heteroatoms. The van der Waals surface area contributed by atoms with Gasteiger partial charge in [-0.05, 0) is 54.2 Å². The van der Waals surface area contributed by atoms with Gasteiger partial charge in [0.1, 0.15) is 5.15 Å². The van der Waals surface area contributed by atoms with Gasteiger partial charge in [-0.25, -0.2) is 4.98 Å². The molecule has 1 aliphatic heterocycles. The quantitative estimate of drug-likeness (QED) is 0.722. The first-order valence-electron chi connectivity index (χ1n) is 7.96. The van der Waals surface area contributed by atoms with Gasteiger partial charge in [-0.15, -0.1) is 0 Å². The minimum Gasteiger partial charge on any atom is -0.367 e. The van der Waals surface area contributed by atoms with Gasteiger partial charge in [0.05, 0.1) is 0 Å². The van der Waals surface area contributed by atoms with Crippen molar-refractivity contribution in [3.63, 3.8) is 0 Å². The fraction of sp³-hybridized carbons (Fsp3) is 0.421. The number of benzene rings is 1. The van der Waals surface area contributed by atoms with E-state index in [-0.39, 0.29) is 0 Å². The molecule has 2 heterocycles. The van der Waals surface area contributed by atoms with Gasteiger partial charge in [-0.1, -0.05) is 37.6 Å². The van der Waals surface area contributed by atoms with Crippen LogP contribution in [0.4, 0.5) is 5.69 Å². The number of rotatable bonds is 2. The predicted molar refractivity (Wildman–Crippen MR) is 94.0 cm³/mol. The van der Waals surface area contributed by atoms with E-state index in [4.69, 9.17) is 11.6 Å². The van der Waals surface area contributed by atoms with Crippen molar-refractivity contribution in [1.82, 2.24) is 4.98 Å². The van der Waals surface area contributed by atoms with Crippen molar-refractivity contribution in [2.24, 2.45) is 0 Å². The van der Waals surface area contributed by atoms with Crippen molar-refractivity contribution in [3.05, 3.63) is 57.4 Å². The van der Waals surface area contributed by atoms with E-state index in [1.165, 1.54) is 33.6 Å². The van der Waals surface area contributed by atoms with Crippen LogP contribution in [0.2, 0.25) is 5.15 Å². The Kier molecular flexibility index (Phi) is 4.14. The summed E-state index contributed by atoms with van der Waals surface area (Å²) in [4.78, 5) is 6.99. The van der Waals surface area contributed by atoms with Crippen LogP contribution in [0.3, 0.4) is 0 Å². The molecule has 1 aromatic heterocycles. The number of hydrogen-bond acceptors (Lipinski definition) is 2. The van der Waals surface area contributed by atoms with Crippen LogP contribution in [0.5, 0.6) is 0 Å². The number of anilines is 1. The molecule has 0 atom stereocenters. The highest BCUT2D eigenvalue weighted by Gasteiger charge is 2.21. The number of hydrogen-bond donors (Lipinski definition) is 0. The first kappa shape index (κ1) is 15.4. The van der Waals surface area contributed by atoms with E-state index in [2.05, 4.69) is 55.8 Å². The van der Waals surface area contributed by atoms with Gasteiger partial charge in [-0.2, -0.15) is 0 Å². The van der Waals surface area contributed by atoms with Crippen molar-refractivity contribution in [3.8, 4) is 0 Å². The van der Waals surface area contributed by atoms with E-state index >= 15 is 0 Å². The van der Waals surface area contributed by atoms with E-state index in [0.29, 0.717) is 11.1 Å². The highest BCUT2D eigenvalue weighted by molar-refractivity contribution is 6.29. The molecule has 2 aromatic rings. The van der Waals surface area contributed by atoms with E-state index in [1.54, 1.807) is 0 Å². The molecular weight excluding hydrogens is 292 g/mol. The van der Waals surface area contributed by atoms with Crippen molar-refractivity contribution < 1.29 is 0 Å². The summed E-state index contributed by atoms with van der Waals surface area (Å²) in [5.41, 5.74) is 7.84. The van der Waals surface area contributed by atoms with Crippen LogP contribution in [0.25, 0.3) is 0 Å². The smallest absolute Gasteiger partial charge is 0.129 e. The average Bonchev–Trinajstić information content (AvgIpc) is 2.47. The van der Waals surface area contributed by atoms with Crippen LogP contribution in [-0.2, 0) is 13.0 Å². The summed E-state index contributed by atoms with van der Waals surface area (Å²) >= 11 is 6.09. The molecule has 0 amide bonds. The second kappa shape index (κ2) is 5.92. The summed E-state index contributed by atoms with van der Waals surface area (Å²) in [6.45, 7) is 10.7. The van der Waals surface area contributed by atoms with E-state index < -0.39 is 0 Å². The summed E-state index contributed by atoms with van der Waals surface area (Å²) in [6, 6.07) is 8.81. The third-order valence-electron chi connectivity index (χ3n) is 4.61. The lowest BCUT2D eigenvalue weighted by molar-refractivity contribution is 0.704. The zero-order valence-corrected chi connectivity index (χ0v) is 14.5. The highest BCUT2D eigenvalue weighted by atomic mass is 35.5. The van der Waals surface area contributed by atoms with Crippen molar-refractivity contribution in [1.29, 1.82) is 0 Å². The molecule has 0 unspecified atom stereocenters. The first-order chi connectivity index (χ1) is 10.5. The fourth-order valence-electron chi connectivity index (χ4n) is 3.19. The lowest BCUT2D eigenvalue weighted by atomic mass is 9.97. The maximum Gasteiger partial charge on any atom is 0.129 e. The zero-order chi connectivity index (χ0) is 15.9. The molecule has 22 heavy (non-hydrogen) atoms. The second-order valence-corrected chi connectivity index (χ2v) is 6.95. The SMILES string of the molecule is Cc1ccc(C(C)C)cc1N1CCc2nc(Cl)cc(C)c2C1. The molecular formula is C19H23ClN2. The van der Waals surface area contributed by atoms with Gasteiger partial charge in [0.15, 0.2) is 0 Å². The van der Waals surface area contributed by atoms with Gasteiger partial charge in [0, 0.05) is 30.9 Å². The average molecular weight is 315 g/mol. The van der Waals surface area contributed by atoms with Gasteiger partial charge in [-0.3, -0.25) is 0 Å². The fourth-order valence-corrected chi connectivity index (χ4v) is 3.45. The van der Waals surface area contributed by atoms with Gasteiger partial charge < -0.3 is 4.90 Å². The number of halogens is 1. The molecule has 1 aliphatic rings. The summed E-state index contributed by atoms with van der Waals surface area (Å²) in [6.07, 6.45) is 0.960. The van der Waals surface area contributed by atoms with E-state index in [9.17, 15) is 0 Å². The Bertz CT molecular complexity index is 707. The summed E-state index contributed by atoms with van der Waals surface area (Å²) in [7, 11) is 0. The predicted octanol–water partition coefficient (Wildman–Crippen LogP) is 5.04. The normalized spacial score (nSPS) is 14.4. The Balaban J connectivity index is 1.96. The minimum atomic E-state index is 0.554. The molecule has 0 bridgehead atoms. The lowest BCUT2D eigenvalue weighted by Gasteiger charge is -2.32. The van der Waals surface area contributed by atoms with Crippen LogP contribution >= 0.6 is 11.6 Å². The molecule has 0 N–H and O–H groups in total.